The van der Waals surface area contributed by atoms with Gasteiger partial charge in [-0.05, 0) is 39.3 Å². The van der Waals surface area contributed by atoms with Crippen LogP contribution in [-0.2, 0) is 0 Å². The Bertz CT molecular complexity index is 220. The van der Waals surface area contributed by atoms with Crippen LogP contribution in [0.1, 0.15) is 52.9 Å². The summed E-state index contributed by atoms with van der Waals surface area (Å²) in [4.78, 5) is 2.48. The Labute approximate surface area is 107 Å². The van der Waals surface area contributed by atoms with Crippen LogP contribution in [0.25, 0.3) is 0 Å². The Balaban J connectivity index is 2.48. The summed E-state index contributed by atoms with van der Waals surface area (Å²) in [6.07, 6.45) is 5.92. The van der Waals surface area contributed by atoms with Crippen molar-refractivity contribution in [3.05, 3.63) is 0 Å². The summed E-state index contributed by atoms with van der Waals surface area (Å²) in [5, 5.41) is 13.2. The zero-order valence-electron chi connectivity index (χ0n) is 12.0. The van der Waals surface area contributed by atoms with Crippen LogP contribution in [0.2, 0.25) is 0 Å². The summed E-state index contributed by atoms with van der Waals surface area (Å²) in [6, 6.07) is 1.08. The van der Waals surface area contributed by atoms with E-state index in [1.165, 1.54) is 25.8 Å². The largest absolute Gasteiger partial charge is 0.394 e. The lowest BCUT2D eigenvalue weighted by Crippen LogP contribution is -2.50. The minimum absolute atomic E-state index is 0.0285. The Morgan fingerprint density at radius 1 is 1.47 bits per heavy atom. The number of aliphatic hydroxyl groups excluding tert-OH is 1. The topological polar surface area (TPSA) is 35.5 Å². The lowest BCUT2D eigenvalue weighted by molar-refractivity contribution is 0.142. The first-order valence-electron chi connectivity index (χ1n) is 7.12. The maximum absolute atomic E-state index is 9.66. The maximum Gasteiger partial charge on any atom is 0.0614 e. The highest BCUT2D eigenvalue weighted by atomic mass is 16.3. The summed E-state index contributed by atoms with van der Waals surface area (Å²) in [7, 11) is 2.23. The fourth-order valence-electron chi connectivity index (χ4n) is 3.00. The highest BCUT2D eigenvalue weighted by Crippen LogP contribution is 2.32. The van der Waals surface area contributed by atoms with Crippen LogP contribution in [0, 0.1) is 0 Å². The third-order valence-corrected chi connectivity index (χ3v) is 3.97. The molecule has 102 valence electrons. The van der Waals surface area contributed by atoms with Gasteiger partial charge in [-0.3, -0.25) is 0 Å². The number of aliphatic hydroxyl groups is 1. The molecule has 17 heavy (non-hydrogen) atoms. The zero-order valence-corrected chi connectivity index (χ0v) is 12.0. The molecule has 2 atom stereocenters. The monoisotopic (exact) mass is 242 g/mol. The standard InChI is InChI=1S/C14H30N2O/c1-5-6-9-16(4)13-7-8-14(10-13,11-17)15-12(2)3/h12-13,15,17H,5-11H2,1-4H3. The molecule has 1 aliphatic carbocycles. The smallest absolute Gasteiger partial charge is 0.0614 e. The van der Waals surface area contributed by atoms with Crippen molar-refractivity contribution in [3.63, 3.8) is 0 Å². The maximum atomic E-state index is 9.66. The number of unbranched alkanes of at least 4 members (excludes halogenated alkanes) is 1. The van der Waals surface area contributed by atoms with Crippen molar-refractivity contribution in [2.24, 2.45) is 0 Å². The average Bonchev–Trinajstić information content (AvgIpc) is 2.70. The summed E-state index contributed by atoms with van der Waals surface area (Å²) < 4.78 is 0. The predicted molar refractivity (Wildman–Crippen MR) is 73.3 cm³/mol. The van der Waals surface area contributed by atoms with Crippen LogP contribution in [-0.4, -0.2) is 47.8 Å². The molecular formula is C14H30N2O. The average molecular weight is 242 g/mol. The molecule has 1 fully saturated rings. The fourth-order valence-corrected chi connectivity index (χ4v) is 3.00. The number of hydrogen-bond acceptors (Lipinski definition) is 3. The van der Waals surface area contributed by atoms with E-state index < -0.39 is 0 Å². The fraction of sp³-hybridized carbons (Fsp3) is 1.00. The summed E-state index contributed by atoms with van der Waals surface area (Å²) in [6.45, 7) is 8.01. The van der Waals surface area contributed by atoms with E-state index in [9.17, 15) is 5.11 Å². The quantitative estimate of drug-likeness (QED) is 0.717. The van der Waals surface area contributed by atoms with E-state index in [0.29, 0.717) is 12.1 Å². The number of nitrogens with zero attached hydrogens (tertiary/aromatic N) is 1. The van der Waals surface area contributed by atoms with Crippen LogP contribution in [0.5, 0.6) is 0 Å². The third kappa shape index (κ3) is 4.23. The van der Waals surface area contributed by atoms with Gasteiger partial charge in [-0.15, -0.1) is 0 Å². The molecule has 0 amide bonds. The van der Waals surface area contributed by atoms with Gasteiger partial charge < -0.3 is 15.3 Å². The number of hydrogen-bond donors (Lipinski definition) is 2. The van der Waals surface area contributed by atoms with Crippen molar-refractivity contribution in [1.29, 1.82) is 0 Å². The second kappa shape index (κ2) is 6.72. The van der Waals surface area contributed by atoms with Gasteiger partial charge >= 0.3 is 0 Å². The van der Waals surface area contributed by atoms with Crippen molar-refractivity contribution < 1.29 is 5.11 Å². The zero-order chi connectivity index (χ0) is 12.9. The van der Waals surface area contributed by atoms with Crippen LogP contribution < -0.4 is 5.32 Å². The van der Waals surface area contributed by atoms with Gasteiger partial charge in [0.1, 0.15) is 0 Å². The Morgan fingerprint density at radius 3 is 2.71 bits per heavy atom. The number of nitrogens with one attached hydrogen (secondary N) is 1. The van der Waals surface area contributed by atoms with Gasteiger partial charge in [0.2, 0.25) is 0 Å². The molecule has 1 aliphatic rings. The van der Waals surface area contributed by atoms with E-state index in [1.54, 1.807) is 0 Å². The third-order valence-electron chi connectivity index (χ3n) is 3.97. The second-order valence-electron chi connectivity index (χ2n) is 5.97. The van der Waals surface area contributed by atoms with Gasteiger partial charge in [0, 0.05) is 17.6 Å². The SMILES string of the molecule is CCCCN(C)C1CCC(CO)(NC(C)C)C1. The predicted octanol–water partition coefficient (Wildman–Crippen LogP) is 2.00. The molecule has 0 spiro atoms. The molecular weight excluding hydrogens is 212 g/mol. The molecule has 0 radical (unpaired) electrons. The molecule has 1 rings (SSSR count). The molecule has 3 heteroatoms. The molecule has 0 aromatic carbocycles. The lowest BCUT2D eigenvalue weighted by atomic mass is 9.97. The summed E-state index contributed by atoms with van der Waals surface area (Å²) in [5.41, 5.74) is -0.0285. The molecule has 2 unspecified atom stereocenters. The minimum atomic E-state index is -0.0285. The Hall–Kier alpha value is -0.120. The van der Waals surface area contributed by atoms with Gasteiger partial charge in [0.05, 0.1) is 6.61 Å². The van der Waals surface area contributed by atoms with E-state index in [4.69, 9.17) is 0 Å². The highest BCUT2D eigenvalue weighted by molar-refractivity contribution is 4.99. The lowest BCUT2D eigenvalue weighted by Gasteiger charge is -2.32. The minimum Gasteiger partial charge on any atom is -0.394 e. The first-order valence-corrected chi connectivity index (χ1v) is 7.12. The molecule has 0 aliphatic heterocycles. The van der Waals surface area contributed by atoms with Gasteiger partial charge in [0.15, 0.2) is 0 Å². The summed E-state index contributed by atoms with van der Waals surface area (Å²) >= 11 is 0. The summed E-state index contributed by atoms with van der Waals surface area (Å²) in [5.74, 6) is 0. The Kier molecular flexibility index (Phi) is 5.90. The highest BCUT2D eigenvalue weighted by Gasteiger charge is 2.40. The van der Waals surface area contributed by atoms with Crippen LogP contribution >= 0.6 is 0 Å². The second-order valence-corrected chi connectivity index (χ2v) is 5.97. The molecule has 0 heterocycles. The first-order chi connectivity index (χ1) is 8.03. The van der Waals surface area contributed by atoms with Crippen LogP contribution in [0.15, 0.2) is 0 Å². The molecule has 1 saturated carbocycles. The van der Waals surface area contributed by atoms with Gasteiger partial charge in [-0.25, -0.2) is 0 Å². The number of rotatable bonds is 7. The first kappa shape index (κ1) is 14.9. The Morgan fingerprint density at radius 2 is 2.18 bits per heavy atom. The van der Waals surface area contributed by atoms with Crippen molar-refractivity contribution in [1.82, 2.24) is 10.2 Å². The molecule has 2 N–H and O–H groups in total. The van der Waals surface area contributed by atoms with E-state index in [2.05, 4.69) is 38.0 Å². The van der Waals surface area contributed by atoms with Gasteiger partial charge in [-0.1, -0.05) is 27.2 Å². The van der Waals surface area contributed by atoms with E-state index in [1.807, 2.05) is 0 Å². The van der Waals surface area contributed by atoms with Crippen LogP contribution in [0.4, 0.5) is 0 Å². The van der Waals surface area contributed by atoms with Crippen molar-refractivity contribution in [2.45, 2.75) is 70.5 Å². The van der Waals surface area contributed by atoms with Crippen molar-refractivity contribution in [2.75, 3.05) is 20.2 Å². The van der Waals surface area contributed by atoms with Gasteiger partial charge in [-0.2, -0.15) is 0 Å². The van der Waals surface area contributed by atoms with Crippen LogP contribution in [0.3, 0.4) is 0 Å². The van der Waals surface area contributed by atoms with Crippen molar-refractivity contribution in [3.8, 4) is 0 Å². The molecule has 0 aromatic heterocycles. The molecule has 0 bridgehead atoms. The van der Waals surface area contributed by atoms with E-state index in [0.717, 1.165) is 12.8 Å². The van der Waals surface area contributed by atoms with E-state index >= 15 is 0 Å². The van der Waals surface area contributed by atoms with E-state index in [-0.39, 0.29) is 12.1 Å². The normalized spacial score (nSPS) is 29.5. The molecule has 3 nitrogen and oxygen atoms in total. The molecule has 0 aromatic rings. The van der Waals surface area contributed by atoms with Crippen molar-refractivity contribution >= 4 is 0 Å². The van der Waals surface area contributed by atoms with Gasteiger partial charge in [0.25, 0.3) is 0 Å². The molecule has 0 saturated heterocycles.